The number of nitro groups is 1. The molecule has 0 aliphatic carbocycles. The predicted molar refractivity (Wildman–Crippen MR) is 53.9 cm³/mol. The summed E-state index contributed by atoms with van der Waals surface area (Å²) in [5, 5.41) is 27.8. The monoisotopic (exact) mass is 239 g/mol. The van der Waals surface area contributed by atoms with Crippen LogP contribution in [0.3, 0.4) is 0 Å². The molecular weight excluding hydrogens is 233 g/mol. The third kappa shape index (κ3) is 3.17. The molecule has 0 radical (unpaired) electrons. The number of phenolic OH excluding ortho intramolecular Hbond substituents is 1. The average molecular weight is 239 g/mol. The van der Waals surface area contributed by atoms with Crippen molar-refractivity contribution in [2.45, 2.75) is 6.42 Å². The number of nitro benzene ring substituents is 1. The Bertz CT molecular complexity index is 544. The van der Waals surface area contributed by atoms with E-state index in [0.717, 1.165) is 6.07 Å². The maximum absolute atomic E-state index is 13.2. The number of aromatic hydroxyl groups is 1. The van der Waals surface area contributed by atoms with Crippen LogP contribution in [-0.4, -0.2) is 21.1 Å². The van der Waals surface area contributed by atoms with Gasteiger partial charge in [-0.15, -0.1) is 0 Å². The molecule has 1 rings (SSSR count). The van der Waals surface area contributed by atoms with E-state index >= 15 is 0 Å². The molecule has 0 heterocycles. The highest BCUT2D eigenvalue weighted by atomic mass is 19.1. The fraction of sp³-hybridized carbons (Fsp3) is 0.100. The summed E-state index contributed by atoms with van der Waals surface area (Å²) in [6.07, 6.45) is -0.506. The number of nitrogens with zero attached hydrogens (tertiary/aromatic N) is 1. The molecule has 0 atom stereocenters. The quantitative estimate of drug-likeness (QED) is 0.459. The second-order valence-electron chi connectivity index (χ2n) is 2.95. The van der Waals surface area contributed by atoms with Gasteiger partial charge in [-0.2, -0.15) is 0 Å². The zero-order valence-electron chi connectivity index (χ0n) is 8.31. The minimum Gasteiger partial charge on any atom is -0.502 e. The molecule has 1 aromatic carbocycles. The number of phenols is 1. The molecule has 88 valence electrons. The fourth-order valence-corrected chi connectivity index (χ4v) is 1.01. The standard InChI is InChI=1S/C10H6FNO5/c11-7-5-9(13)8(12(16)17)4-6(7)2-1-3-10(14)15/h4-5,13H,3H2,(H,14,15). The molecule has 0 saturated carbocycles. The van der Waals surface area contributed by atoms with Gasteiger partial charge < -0.3 is 10.2 Å². The molecule has 0 saturated heterocycles. The first-order valence-electron chi connectivity index (χ1n) is 4.29. The second kappa shape index (κ2) is 4.94. The number of aliphatic carboxylic acids is 1. The molecule has 0 aliphatic rings. The van der Waals surface area contributed by atoms with Gasteiger partial charge in [0.25, 0.3) is 0 Å². The van der Waals surface area contributed by atoms with Crippen LogP contribution >= 0.6 is 0 Å². The van der Waals surface area contributed by atoms with Crippen LogP contribution in [0.25, 0.3) is 0 Å². The van der Waals surface area contributed by atoms with E-state index in [2.05, 4.69) is 11.8 Å². The Kier molecular flexibility index (Phi) is 3.62. The third-order valence-electron chi connectivity index (χ3n) is 1.72. The van der Waals surface area contributed by atoms with Crippen molar-refractivity contribution in [1.29, 1.82) is 0 Å². The largest absolute Gasteiger partial charge is 0.502 e. The first-order chi connectivity index (χ1) is 7.91. The van der Waals surface area contributed by atoms with Gasteiger partial charge in [-0.1, -0.05) is 11.8 Å². The van der Waals surface area contributed by atoms with E-state index in [4.69, 9.17) is 10.2 Å². The van der Waals surface area contributed by atoms with Crippen molar-refractivity contribution in [3.05, 3.63) is 33.6 Å². The third-order valence-corrected chi connectivity index (χ3v) is 1.72. The van der Waals surface area contributed by atoms with Gasteiger partial charge in [0.15, 0.2) is 5.75 Å². The normalized spacial score (nSPS) is 9.24. The van der Waals surface area contributed by atoms with E-state index in [-0.39, 0.29) is 5.56 Å². The highest BCUT2D eigenvalue weighted by molar-refractivity contribution is 5.70. The van der Waals surface area contributed by atoms with Crippen LogP contribution < -0.4 is 0 Å². The van der Waals surface area contributed by atoms with Gasteiger partial charge >= 0.3 is 11.7 Å². The first-order valence-corrected chi connectivity index (χ1v) is 4.29. The van der Waals surface area contributed by atoms with Gasteiger partial charge in [0.2, 0.25) is 0 Å². The number of hydrogen-bond acceptors (Lipinski definition) is 4. The number of carboxylic acid groups (broad SMARTS) is 1. The van der Waals surface area contributed by atoms with Crippen LogP contribution in [0.15, 0.2) is 12.1 Å². The van der Waals surface area contributed by atoms with Gasteiger partial charge in [0, 0.05) is 12.1 Å². The van der Waals surface area contributed by atoms with Gasteiger partial charge in [0.1, 0.15) is 12.2 Å². The number of carbonyl (C=O) groups is 1. The molecule has 0 fully saturated rings. The summed E-state index contributed by atoms with van der Waals surface area (Å²) in [6, 6.07) is 1.31. The zero-order valence-corrected chi connectivity index (χ0v) is 8.31. The summed E-state index contributed by atoms with van der Waals surface area (Å²) in [5.74, 6) is 1.33. The van der Waals surface area contributed by atoms with Crippen LogP contribution in [0, 0.1) is 27.8 Å². The summed E-state index contributed by atoms with van der Waals surface area (Å²) < 4.78 is 13.2. The van der Waals surface area contributed by atoms with Gasteiger partial charge in [0.05, 0.1) is 10.5 Å². The lowest BCUT2D eigenvalue weighted by Crippen LogP contribution is -1.93. The van der Waals surface area contributed by atoms with E-state index in [1.54, 1.807) is 0 Å². The topological polar surface area (TPSA) is 101 Å². The molecule has 0 bridgehead atoms. The lowest BCUT2D eigenvalue weighted by Gasteiger charge is -1.98. The maximum atomic E-state index is 13.2. The lowest BCUT2D eigenvalue weighted by atomic mass is 10.1. The molecule has 0 aromatic heterocycles. The average Bonchev–Trinajstić information content (AvgIpc) is 2.20. The Morgan fingerprint density at radius 2 is 2.18 bits per heavy atom. The molecule has 2 N–H and O–H groups in total. The van der Waals surface area contributed by atoms with Crippen LogP contribution in [0.1, 0.15) is 12.0 Å². The van der Waals surface area contributed by atoms with Crippen LogP contribution in [-0.2, 0) is 4.79 Å². The number of carboxylic acids is 1. The van der Waals surface area contributed by atoms with Crippen molar-refractivity contribution in [2.24, 2.45) is 0 Å². The number of hydrogen-bond donors (Lipinski definition) is 2. The van der Waals surface area contributed by atoms with Crippen LogP contribution in [0.2, 0.25) is 0 Å². The minimum atomic E-state index is -1.19. The summed E-state index contributed by atoms with van der Waals surface area (Å²) >= 11 is 0. The highest BCUT2D eigenvalue weighted by Gasteiger charge is 2.16. The van der Waals surface area contributed by atoms with Crippen molar-refractivity contribution in [3.8, 4) is 17.6 Å². The molecule has 6 nitrogen and oxygen atoms in total. The number of halogens is 1. The van der Waals surface area contributed by atoms with Crippen molar-refractivity contribution in [2.75, 3.05) is 0 Å². The SMILES string of the molecule is O=C(O)CC#Cc1cc([N+](=O)[O-])c(O)cc1F. The number of benzene rings is 1. The van der Waals surface area contributed by atoms with E-state index in [1.165, 1.54) is 0 Å². The Hall–Kier alpha value is -2.62. The zero-order chi connectivity index (χ0) is 13.0. The Balaban J connectivity index is 3.15. The summed E-state index contributed by atoms with van der Waals surface area (Å²) in [5.41, 5.74) is -1.03. The van der Waals surface area contributed by atoms with Crippen LogP contribution in [0.4, 0.5) is 10.1 Å². The number of rotatable bonds is 2. The van der Waals surface area contributed by atoms with Gasteiger partial charge in [-0.05, 0) is 0 Å². The van der Waals surface area contributed by atoms with E-state index in [1.807, 2.05) is 0 Å². The highest BCUT2D eigenvalue weighted by Crippen LogP contribution is 2.28. The van der Waals surface area contributed by atoms with E-state index in [9.17, 15) is 19.3 Å². The lowest BCUT2D eigenvalue weighted by molar-refractivity contribution is -0.385. The maximum Gasteiger partial charge on any atom is 0.315 e. The van der Waals surface area contributed by atoms with Crippen molar-refractivity contribution in [3.63, 3.8) is 0 Å². The summed E-state index contributed by atoms with van der Waals surface area (Å²) in [7, 11) is 0. The fourth-order valence-electron chi connectivity index (χ4n) is 1.01. The van der Waals surface area contributed by atoms with Gasteiger partial charge in [-0.25, -0.2) is 4.39 Å². The van der Waals surface area contributed by atoms with Gasteiger partial charge in [-0.3, -0.25) is 14.9 Å². The molecule has 1 aromatic rings. The Morgan fingerprint density at radius 3 is 2.71 bits per heavy atom. The van der Waals surface area contributed by atoms with Crippen molar-refractivity contribution >= 4 is 11.7 Å². The first kappa shape index (κ1) is 12.4. The van der Waals surface area contributed by atoms with Crippen LogP contribution in [0.5, 0.6) is 5.75 Å². The second-order valence-corrected chi connectivity index (χ2v) is 2.95. The molecule has 0 amide bonds. The van der Waals surface area contributed by atoms with E-state index < -0.39 is 34.6 Å². The van der Waals surface area contributed by atoms with E-state index in [0.29, 0.717) is 6.07 Å². The van der Waals surface area contributed by atoms with Crippen molar-refractivity contribution < 1.29 is 24.3 Å². The Labute approximate surface area is 94.5 Å². The molecular formula is C10H6FNO5. The molecule has 7 heteroatoms. The Morgan fingerprint density at radius 1 is 1.53 bits per heavy atom. The van der Waals surface area contributed by atoms with Crippen molar-refractivity contribution in [1.82, 2.24) is 0 Å². The molecule has 0 unspecified atom stereocenters. The smallest absolute Gasteiger partial charge is 0.315 e. The molecule has 0 aliphatic heterocycles. The summed E-state index contributed by atoms with van der Waals surface area (Å²) in [4.78, 5) is 19.7. The summed E-state index contributed by atoms with van der Waals surface area (Å²) in [6.45, 7) is 0. The molecule has 0 spiro atoms. The molecule has 17 heavy (non-hydrogen) atoms. The minimum absolute atomic E-state index is 0.337. The predicted octanol–water partition coefficient (Wildman–Crippen LogP) is 1.27.